The molecule has 82 valence electrons. The van der Waals surface area contributed by atoms with Crippen molar-refractivity contribution >= 4 is 39.3 Å². The number of aliphatic carboxylic acids is 1. The number of nitrogens with zero attached hydrogens (tertiary/aromatic N) is 1. The summed E-state index contributed by atoms with van der Waals surface area (Å²) in [6.07, 6.45) is 0. The van der Waals surface area contributed by atoms with Crippen LogP contribution in [0.1, 0.15) is 10.4 Å². The zero-order valence-corrected chi connectivity index (χ0v) is 9.48. The van der Waals surface area contributed by atoms with Crippen molar-refractivity contribution in [2.24, 2.45) is 0 Å². The van der Waals surface area contributed by atoms with Crippen LogP contribution in [0.15, 0.2) is 22.7 Å². The van der Waals surface area contributed by atoms with Crippen LogP contribution in [0.5, 0.6) is 0 Å². The average Bonchev–Trinajstić information content (AvgIpc) is 2.43. The number of rotatable bonds is 2. The van der Waals surface area contributed by atoms with Crippen LogP contribution in [0.25, 0.3) is 0 Å². The summed E-state index contributed by atoms with van der Waals surface area (Å²) in [7, 11) is 0. The maximum Gasteiger partial charge on any atom is 0.299 e. The van der Waals surface area contributed by atoms with E-state index in [-0.39, 0.29) is 5.56 Å². The number of fused-ring (bicyclic) bond motifs is 1. The second-order valence-electron chi connectivity index (χ2n) is 3.25. The average molecular weight is 283 g/mol. The van der Waals surface area contributed by atoms with E-state index in [1.165, 1.54) is 12.1 Å². The highest BCUT2D eigenvalue weighted by Gasteiger charge is 2.35. The summed E-state index contributed by atoms with van der Waals surface area (Å²) < 4.78 is 0.655. The number of halogens is 1. The van der Waals surface area contributed by atoms with E-state index in [0.717, 1.165) is 4.90 Å². The topological polar surface area (TPSA) is 77.5 Å². The molecule has 1 amide bonds. The summed E-state index contributed by atoms with van der Waals surface area (Å²) in [5, 5.41) is 10.5. The summed E-state index contributed by atoms with van der Waals surface area (Å²) >= 11 is 3.17. The molecule has 0 saturated carbocycles. The van der Waals surface area contributed by atoms with E-state index in [1.54, 1.807) is 6.07 Å². The number of carboxylic acids is 1. The molecule has 0 spiro atoms. The molecule has 5 nitrogen and oxygen atoms in total. The van der Waals surface area contributed by atoms with Gasteiger partial charge in [-0.3, -0.25) is 14.5 Å². The van der Waals surface area contributed by atoms with Gasteiger partial charge in [-0.05, 0) is 18.2 Å². The number of carboxylic acid groups (broad SMARTS) is 1. The lowest BCUT2D eigenvalue weighted by atomic mass is 10.1. The van der Waals surface area contributed by atoms with Crippen LogP contribution >= 0.6 is 15.9 Å². The van der Waals surface area contributed by atoms with Gasteiger partial charge < -0.3 is 9.90 Å². The number of Topliss-reactive ketones (excluding diaryl/α,β-unsaturated/α-hetero) is 1. The van der Waals surface area contributed by atoms with Crippen LogP contribution in [0, 0.1) is 0 Å². The van der Waals surface area contributed by atoms with Gasteiger partial charge in [0.1, 0.15) is 0 Å². The van der Waals surface area contributed by atoms with Gasteiger partial charge in [-0.15, -0.1) is 0 Å². The van der Waals surface area contributed by atoms with Gasteiger partial charge >= 0.3 is 0 Å². The Morgan fingerprint density at radius 2 is 2.06 bits per heavy atom. The van der Waals surface area contributed by atoms with E-state index in [4.69, 9.17) is 0 Å². The minimum atomic E-state index is -1.41. The Balaban J connectivity index is 2.50. The molecule has 0 aromatic heterocycles. The minimum absolute atomic E-state index is 0.209. The van der Waals surface area contributed by atoms with Crippen molar-refractivity contribution in [2.45, 2.75) is 0 Å². The molecule has 2 rings (SSSR count). The van der Waals surface area contributed by atoms with Crippen LogP contribution in [0.4, 0.5) is 5.69 Å². The highest BCUT2D eigenvalue weighted by atomic mass is 79.9. The first-order valence-corrected chi connectivity index (χ1v) is 5.15. The molecule has 1 heterocycles. The SMILES string of the molecule is O=C([O-])CN1C(=O)C(=O)c2cc(Br)ccc21. The number of carbonyl (C=O) groups is 3. The van der Waals surface area contributed by atoms with Crippen LogP contribution in [-0.2, 0) is 9.59 Å². The third-order valence-corrected chi connectivity index (χ3v) is 2.71. The Bertz CT molecular complexity index is 512. The van der Waals surface area contributed by atoms with E-state index in [1.807, 2.05) is 0 Å². The van der Waals surface area contributed by atoms with Gasteiger partial charge in [-0.2, -0.15) is 0 Å². The van der Waals surface area contributed by atoms with E-state index in [9.17, 15) is 19.5 Å². The normalized spacial score (nSPS) is 14.2. The molecule has 0 atom stereocenters. The molecule has 1 aromatic carbocycles. The fourth-order valence-electron chi connectivity index (χ4n) is 1.56. The number of hydrogen-bond acceptors (Lipinski definition) is 4. The van der Waals surface area contributed by atoms with Crippen LogP contribution in [0.3, 0.4) is 0 Å². The van der Waals surface area contributed by atoms with Crippen molar-refractivity contribution < 1.29 is 19.5 Å². The van der Waals surface area contributed by atoms with Crippen LogP contribution in [0.2, 0.25) is 0 Å². The largest absolute Gasteiger partial charge is 0.548 e. The molecular weight excluding hydrogens is 278 g/mol. The van der Waals surface area contributed by atoms with Gasteiger partial charge in [0, 0.05) is 4.47 Å². The number of anilines is 1. The first-order valence-electron chi connectivity index (χ1n) is 4.36. The molecular formula is C10H5BrNO4-. The minimum Gasteiger partial charge on any atom is -0.548 e. The molecule has 0 fully saturated rings. The molecule has 0 bridgehead atoms. The van der Waals surface area contributed by atoms with Gasteiger partial charge in [-0.25, -0.2) is 0 Å². The third kappa shape index (κ3) is 1.61. The predicted octanol–water partition coefficient (Wildman–Crippen LogP) is -0.272. The molecule has 0 unspecified atom stereocenters. The highest BCUT2D eigenvalue weighted by molar-refractivity contribution is 9.10. The van der Waals surface area contributed by atoms with Crippen molar-refractivity contribution in [1.29, 1.82) is 0 Å². The predicted molar refractivity (Wildman–Crippen MR) is 55.8 cm³/mol. The highest BCUT2D eigenvalue weighted by Crippen LogP contribution is 2.30. The molecule has 0 saturated heterocycles. The lowest BCUT2D eigenvalue weighted by molar-refractivity contribution is -0.303. The van der Waals surface area contributed by atoms with Crippen molar-refractivity contribution in [2.75, 3.05) is 11.4 Å². The van der Waals surface area contributed by atoms with Crippen molar-refractivity contribution in [3.8, 4) is 0 Å². The first-order chi connectivity index (χ1) is 7.50. The number of amides is 1. The van der Waals surface area contributed by atoms with Gasteiger partial charge in [-0.1, -0.05) is 15.9 Å². The second kappa shape index (κ2) is 3.71. The lowest BCUT2D eigenvalue weighted by Crippen LogP contribution is -2.40. The van der Waals surface area contributed by atoms with E-state index >= 15 is 0 Å². The molecule has 1 aromatic rings. The van der Waals surface area contributed by atoms with Crippen molar-refractivity contribution in [1.82, 2.24) is 0 Å². The number of ketones is 1. The standard InChI is InChI=1S/C10H6BrNO4/c11-5-1-2-7-6(3-5)9(15)10(16)12(7)4-8(13)14/h1-3H,4H2,(H,13,14)/p-1. The maximum absolute atomic E-state index is 11.5. The van der Waals surface area contributed by atoms with Crippen molar-refractivity contribution in [3.63, 3.8) is 0 Å². The maximum atomic E-state index is 11.5. The monoisotopic (exact) mass is 282 g/mol. The van der Waals surface area contributed by atoms with Gasteiger partial charge in [0.15, 0.2) is 0 Å². The molecule has 0 radical (unpaired) electrons. The Hall–Kier alpha value is -1.69. The lowest BCUT2D eigenvalue weighted by Gasteiger charge is -2.16. The van der Waals surface area contributed by atoms with Gasteiger partial charge in [0.2, 0.25) is 0 Å². The summed E-state index contributed by atoms with van der Waals surface area (Å²) in [4.78, 5) is 34.4. The van der Waals surface area contributed by atoms with Gasteiger partial charge in [0.05, 0.1) is 23.8 Å². The van der Waals surface area contributed by atoms with E-state index in [0.29, 0.717) is 10.2 Å². The summed E-state index contributed by atoms with van der Waals surface area (Å²) in [5.74, 6) is -2.94. The second-order valence-corrected chi connectivity index (χ2v) is 4.17. The van der Waals surface area contributed by atoms with Crippen LogP contribution < -0.4 is 10.0 Å². The smallest absolute Gasteiger partial charge is 0.299 e. The fourth-order valence-corrected chi connectivity index (χ4v) is 1.92. The Morgan fingerprint density at radius 3 is 2.69 bits per heavy atom. The fraction of sp³-hybridized carbons (Fsp3) is 0.100. The van der Waals surface area contributed by atoms with Gasteiger partial charge in [0.25, 0.3) is 11.7 Å². The molecule has 0 N–H and O–H groups in total. The zero-order chi connectivity index (χ0) is 11.9. The van der Waals surface area contributed by atoms with Crippen molar-refractivity contribution in [3.05, 3.63) is 28.2 Å². The summed E-state index contributed by atoms with van der Waals surface area (Å²) in [5.41, 5.74) is 0.517. The molecule has 1 aliphatic rings. The Kier molecular flexibility index (Phi) is 2.51. The molecule has 6 heteroatoms. The first kappa shape index (κ1) is 10.8. The summed E-state index contributed by atoms with van der Waals surface area (Å²) in [6, 6.07) is 4.64. The van der Waals surface area contributed by atoms with E-state index in [2.05, 4.69) is 15.9 Å². The zero-order valence-electron chi connectivity index (χ0n) is 7.90. The Morgan fingerprint density at radius 1 is 1.38 bits per heavy atom. The molecule has 0 aliphatic carbocycles. The quantitative estimate of drug-likeness (QED) is 0.700. The summed E-state index contributed by atoms with van der Waals surface area (Å²) in [6.45, 7) is -0.612. The number of hydrogen-bond donors (Lipinski definition) is 0. The van der Waals surface area contributed by atoms with Crippen LogP contribution in [-0.4, -0.2) is 24.2 Å². The van der Waals surface area contributed by atoms with E-state index < -0.39 is 24.2 Å². The molecule has 16 heavy (non-hydrogen) atoms. The molecule has 1 aliphatic heterocycles. The number of benzene rings is 1. The number of carbonyl (C=O) groups excluding carboxylic acids is 3. The third-order valence-electron chi connectivity index (χ3n) is 2.22. The Labute approximate surface area is 98.8 Å².